The molecule has 0 bridgehead atoms. The molecule has 38 heavy (non-hydrogen) atoms. The number of aliphatic hydroxyl groups is 1. The van der Waals surface area contributed by atoms with Crippen LogP contribution >= 0.6 is 11.8 Å². The molecule has 2 saturated heterocycles. The van der Waals surface area contributed by atoms with E-state index in [0.717, 1.165) is 11.4 Å². The van der Waals surface area contributed by atoms with E-state index < -0.39 is 30.1 Å². The maximum absolute atomic E-state index is 13.5. The Morgan fingerprint density at radius 3 is 2.53 bits per heavy atom. The monoisotopic (exact) mass is 544 g/mol. The number of aryl methyl sites for hydroxylation is 3. The van der Waals surface area contributed by atoms with Gasteiger partial charge in [-0.2, -0.15) is 0 Å². The van der Waals surface area contributed by atoms with Gasteiger partial charge in [0.25, 0.3) is 5.91 Å². The zero-order valence-electron chi connectivity index (χ0n) is 21.6. The summed E-state index contributed by atoms with van der Waals surface area (Å²) in [6, 6.07) is 2.49. The van der Waals surface area contributed by atoms with Crippen molar-refractivity contribution in [3.8, 4) is 11.5 Å². The van der Waals surface area contributed by atoms with Crippen molar-refractivity contribution < 1.29 is 34.4 Å². The maximum atomic E-state index is 13.5. The molecule has 2 aromatic rings. The van der Waals surface area contributed by atoms with Crippen molar-refractivity contribution in [3.05, 3.63) is 46.5 Å². The number of esters is 1. The van der Waals surface area contributed by atoms with Gasteiger partial charge < -0.3 is 29.9 Å². The first-order chi connectivity index (χ1) is 18.1. The summed E-state index contributed by atoms with van der Waals surface area (Å²) in [4.78, 5) is 51.2. The number of rotatable bonds is 7. The fraction of sp³-hybridized carbons (Fsp3) is 0.500. The molecule has 3 unspecified atom stereocenters. The van der Waals surface area contributed by atoms with Gasteiger partial charge in [-0.25, -0.2) is 4.79 Å². The lowest BCUT2D eigenvalue weighted by molar-refractivity contribution is -0.157. The van der Waals surface area contributed by atoms with Gasteiger partial charge in [-0.15, -0.1) is 11.8 Å². The second-order valence-corrected chi connectivity index (χ2v) is 10.6. The average molecular weight is 545 g/mol. The van der Waals surface area contributed by atoms with Gasteiger partial charge in [0.1, 0.15) is 24.8 Å². The molecule has 2 amide bonds. The number of carbonyl (C=O) groups excluding carboxylic acids is 3. The average Bonchev–Trinajstić information content (AvgIpc) is 3.57. The molecule has 0 aliphatic carbocycles. The molecule has 2 fully saturated rings. The molecule has 1 aromatic heterocycles. The predicted octanol–water partition coefficient (Wildman–Crippen LogP) is 1.35. The van der Waals surface area contributed by atoms with Crippen molar-refractivity contribution in [3.63, 3.8) is 0 Å². The number of hydrogen-bond donors (Lipinski definition) is 3. The highest BCUT2D eigenvalue weighted by Crippen LogP contribution is 2.29. The van der Waals surface area contributed by atoms with Crippen LogP contribution in [0.1, 0.15) is 41.2 Å². The zero-order chi connectivity index (χ0) is 27.6. The van der Waals surface area contributed by atoms with Gasteiger partial charge in [0.15, 0.2) is 11.5 Å². The number of aliphatic hydroxyl groups excluding tert-OH is 1. The molecular formula is C26H32N4O7S. The van der Waals surface area contributed by atoms with Crippen LogP contribution in [0.25, 0.3) is 0 Å². The Morgan fingerprint density at radius 2 is 1.79 bits per heavy atom. The van der Waals surface area contributed by atoms with E-state index in [1.165, 1.54) is 39.8 Å². The summed E-state index contributed by atoms with van der Waals surface area (Å²) < 4.78 is 5.53. The summed E-state index contributed by atoms with van der Waals surface area (Å²) >= 11 is 1.40. The van der Waals surface area contributed by atoms with Crippen LogP contribution in [0.5, 0.6) is 11.5 Å². The Bertz CT molecular complexity index is 1240. The molecule has 2 aliphatic rings. The van der Waals surface area contributed by atoms with Crippen molar-refractivity contribution in [2.24, 2.45) is 0 Å². The zero-order valence-corrected chi connectivity index (χ0v) is 22.4. The number of benzene rings is 1. The highest BCUT2D eigenvalue weighted by Gasteiger charge is 2.44. The Morgan fingerprint density at radius 1 is 1.05 bits per heavy atom. The molecule has 3 N–H and O–H groups in total. The lowest BCUT2D eigenvalue weighted by atomic mass is 10.1. The second-order valence-electron chi connectivity index (χ2n) is 9.59. The number of hydrogen-bond acceptors (Lipinski definition) is 10. The van der Waals surface area contributed by atoms with Crippen LogP contribution in [0.15, 0.2) is 18.2 Å². The summed E-state index contributed by atoms with van der Waals surface area (Å²) in [5.41, 5.74) is 3.27. The number of aromatic nitrogens is 2. The van der Waals surface area contributed by atoms with E-state index in [1.54, 1.807) is 6.92 Å². The number of amides is 2. The second kappa shape index (κ2) is 11.6. The van der Waals surface area contributed by atoms with Crippen molar-refractivity contribution in [2.75, 3.05) is 18.2 Å². The Kier molecular flexibility index (Phi) is 8.41. The summed E-state index contributed by atoms with van der Waals surface area (Å²) in [5.74, 6) is -1.53. The molecule has 0 saturated carbocycles. The molecular weight excluding hydrogens is 512 g/mol. The topological polar surface area (TPSA) is 153 Å². The van der Waals surface area contributed by atoms with Crippen molar-refractivity contribution >= 4 is 29.5 Å². The summed E-state index contributed by atoms with van der Waals surface area (Å²) in [7, 11) is 0. The predicted molar refractivity (Wildman–Crippen MR) is 138 cm³/mol. The van der Waals surface area contributed by atoms with E-state index in [2.05, 4.69) is 9.97 Å². The van der Waals surface area contributed by atoms with Crippen LogP contribution in [-0.4, -0.2) is 89.2 Å². The molecule has 0 radical (unpaired) electrons. The summed E-state index contributed by atoms with van der Waals surface area (Å²) in [6.07, 6.45) is -0.430. The molecule has 4 rings (SSSR count). The van der Waals surface area contributed by atoms with E-state index in [1.807, 2.05) is 13.8 Å². The third-order valence-electron chi connectivity index (χ3n) is 6.94. The fourth-order valence-electron chi connectivity index (χ4n) is 4.66. The van der Waals surface area contributed by atoms with Crippen molar-refractivity contribution in [1.82, 2.24) is 19.8 Å². The van der Waals surface area contributed by atoms with E-state index in [-0.39, 0.29) is 36.3 Å². The quantitative estimate of drug-likeness (QED) is 0.344. The standard InChI is InChI=1S/C26H32N4O7S/c1-14-15(2)28-18(16(3)27-14)11-37-26(36)19-5-4-8-29(19)24(34)20-12-38-13-30(20)25(35)23(33)10-17-6-7-21(31)22(32)9-17/h6-7,9,19-20,23,31-33H,4-5,8,10-13H2,1-3H3. The highest BCUT2D eigenvalue weighted by atomic mass is 32.2. The number of likely N-dealkylation sites (tertiary alicyclic amines) is 1. The van der Waals surface area contributed by atoms with Crippen LogP contribution in [-0.2, 0) is 32.1 Å². The minimum atomic E-state index is -1.44. The smallest absolute Gasteiger partial charge is 0.329 e. The largest absolute Gasteiger partial charge is 0.504 e. The third-order valence-corrected chi connectivity index (χ3v) is 7.95. The normalized spacial score (nSPS) is 20.0. The van der Waals surface area contributed by atoms with Crippen LogP contribution in [0.2, 0.25) is 0 Å². The first-order valence-electron chi connectivity index (χ1n) is 12.4. The molecule has 1 aromatic carbocycles. The number of phenols is 2. The molecule has 3 heterocycles. The van der Waals surface area contributed by atoms with Gasteiger partial charge in [0.05, 0.1) is 28.7 Å². The number of phenolic OH excluding ortho intramolecular Hbond substituents is 2. The van der Waals surface area contributed by atoms with Crippen LogP contribution in [0, 0.1) is 20.8 Å². The van der Waals surface area contributed by atoms with E-state index in [0.29, 0.717) is 42.1 Å². The lowest BCUT2D eigenvalue weighted by Crippen LogP contribution is -2.54. The number of ether oxygens (including phenoxy) is 1. The molecule has 11 nitrogen and oxygen atoms in total. The van der Waals surface area contributed by atoms with Gasteiger partial charge in [0.2, 0.25) is 5.91 Å². The van der Waals surface area contributed by atoms with Gasteiger partial charge in [-0.05, 0) is 51.3 Å². The van der Waals surface area contributed by atoms with Gasteiger partial charge in [-0.1, -0.05) is 6.07 Å². The molecule has 3 atom stereocenters. The molecule has 204 valence electrons. The van der Waals surface area contributed by atoms with Crippen LogP contribution < -0.4 is 0 Å². The number of aromatic hydroxyl groups is 2. The minimum Gasteiger partial charge on any atom is -0.504 e. The summed E-state index contributed by atoms with van der Waals surface area (Å²) in [5, 5.41) is 29.7. The van der Waals surface area contributed by atoms with Crippen LogP contribution in [0.4, 0.5) is 0 Å². The molecule has 0 spiro atoms. The highest BCUT2D eigenvalue weighted by molar-refractivity contribution is 7.99. The van der Waals surface area contributed by atoms with E-state index >= 15 is 0 Å². The Hall–Kier alpha value is -3.38. The lowest BCUT2D eigenvalue weighted by Gasteiger charge is -2.31. The maximum Gasteiger partial charge on any atom is 0.329 e. The first-order valence-corrected chi connectivity index (χ1v) is 13.6. The molecule has 2 aliphatic heterocycles. The van der Waals surface area contributed by atoms with Crippen molar-refractivity contribution in [1.29, 1.82) is 0 Å². The van der Waals surface area contributed by atoms with Gasteiger partial charge >= 0.3 is 5.97 Å². The number of thioether (sulfide) groups is 1. The van der Waals surface area contributed by atoms with E-state index in [4.69, 9.17) is 4.74 Å². The minimum absolute atomic E-state index is 0.0415. The third kappa shape index (κ3) is 5.86. The number of nitrogens with zero attached hydrogens (tertiary/aromatic N) is 4. The van der Waals surface area contributed by atoms with Crippen LogP contribution in [0.3, 0.4) is 0 Å². The SMILES string of the molecule is Cc1nc(C)c(COC(=O)C2CCCN2C(=O)C2CSCN2C(=O)C(O)Cc2ccc(O)c(O)c2)nc1C. The fourth-order valence-corrected chi connectivity index (χ4v) is 5.82. The van der Waals surface area contributed by atoms with Crippen molar-refractivity contribution in [2.45, 2.75) is 64.8 Å². The van der Waals surface area contributed by atoms with Gasteiger partial charge in [-0.3, -0.25) is 19.6 Å². The van der Waals surface area contributed by atoms with Gasteiger partial charge in [0, 0.05) is 18.7 Å². The Labute approximate surface area is 224 Å². The first kappa shape index (κ1) is 27.6. The Balaban J connectivity index is 1.39. The van der Waals surface area contributed by atoms with E-state index in [9.17, 15) is 29.7 Å². The number of carbonyl (C=O) groups is 3. The summed E-state index contributed by atoms with van der Waals surface area (Å²) in [6.45, 7) is 5.83. The molecule has 12 heteroatoms.